The van der Waals surface area contributed by atoms with Gasteiger partial charge in [0.05, 0.1) is 30.1 Å². The second kappa shape index (κ2) is 9.11. The lowest BCUT2D eigenvalue weighted by Crippen LogP contribution is -2.30. The molecule has 1 aromatic heterocycles. The predicted octanol–water partition coefficient (Wildman–Crippen LogP) is 3.67. The molecule has 0 bridgehead atoms. The Balaban J connectivity index is 1.79. The summed E-state index contributed by atoms with van der Waals surface area (Å²) >= 11 is 0. The number of anilines is 1. The van der Waals surface area contributed by atoms with Crippen LogP contribution in [0.5, 0.6) is 5.75 Å². The van der Waals surface area contributed by atoms with E-state index in [-0.39, 0.29) is 18.4 Å². The van der Waals surface area contributed by atoms with Gasteiger partial charge in [-0.3, -0.25) is 14.3 Å². The molecule has 1 amide bonds. The molecule has 0 spiro atoms. The molecule has 7 heteroatoms. The highest BCUT2D eigenvalue weighted by atomic mass is 16.5. The van der Waals surface area contributed by atoms with E-state index in [1.54, 1.807) is 18.7 Å². The minimum absolute atomic E-state index is 0.0591. The number of aromatic nitrogens is 2. The smallest absolute Gasteiger partial charge is 0.310 e. The van der Waals surface area contributed by atoms with Crippen LogP contribution in [-0.2, 0) is 26.8 Å². The topological polar surface area (TPSA) is 82.5 Å². The molecule has 0 saturated heterocycles. The number of carbonyl (C=O) groups is 2. The number of nitrogens with zero attached hydrogens (tertiary/aromatic N) is 2. The van der Waals surface area contributed by atoms with E-state index in [1.807, 2.05) is 38.1 Å². The first-order chi connectivity index (χ1) is 13.5. The Labute approximate surface area is 172 Å². The Morgan fingerprint density at radius 1 is 1.17 bits per heavy atom. The molecule has 1 atom stereocenters. The fraction of sp³-hybridized carbons (Fsp3) is 0.500. The number of nitrogens with one attached hydrogen (secondary N) is 1. The maximum atomic E-state index is 12.3. The van der Waals surface area contributed by atoms with E-state index in [4.69, 9.17) is 9.47 Å². The molecule has 29 heavy (non-hydrogen) atoms. The molecule has 0 saturated carbocycles. The SMILES string of the molecule is Cc1nn(C)c(C)c1NC(=O)[C@@H](C)OC(=O)CCOc1ccc(C(C)(C)C)cc1. The molecule has 0 aliphatic carbocycles. The lowest BCUT2D eigenvalue weighted by Gasteiger charge is -2.19. The van der Waals surface area contributed by atoms with Crippen molar-refractivity contribution in [1.82, 2.24) is 9.78 Å². The average Bonchev–Trinajstić information content (AvgIpc) is 2.87. The van der Waals surface area contributed by atoms with E-state index in [0.717, 1.165) is 5.69 Å². The highest BCUT2D eigenvalue weighted by Crippen LogP contribution is 2.24. The number of ether oxygens (including phenoxy) is 2. The van der Waals surface area contributed by atoms with Crippen LogP contribution in [0.1, 0.15) is 51.1 Å². The van der Waals surface area contributed by atoms with E-state index in [9.17, 15) is 9.59 Å². The third-order valence-electron chi connectivity index (χ3n) is 4.73. The third kappa shape index (κ3) is 6.07. The van der Waals surface area contributed by atoms with Crippen LogP contribution in [-0.4, -0.2) is 34.4 Å². The Hall–Kier alpha value is -2.83. The van der Waals surface area contributed by atoms with Gasteiger partial charge in [-0.1, -0.05) is 32.9 Å². The lowest BCUT2D eigenvalue weighted by molar-refractivity contribution is -0.153. The van der Waals surface area contributed by atoms with Gasteiger partial charge in [-0.25, -0.2) is 0 Å². The quantitative estimate of drug-likeness (QED) is 0.716. The van der Waals surface area contributed by atoms with Gasteiger partial charge < -0.3 is 14.8 Å². The van der Waals surface area contributed by atoms with Crippen molar-refractivity contribution in [2.45, 2.75) is 59.5 Å². The molecule has 0 aliphatic heterocycles. The number of hydrogen-bond acceptors (Lipinski definition) is 5. The molecule has 0 aliphatic rings. The van der Waals surface area contributed by atoms with Crippen molar-refractivity contribution in [1.29, 1.82) is 0 Å². The molecule has 0 fully saturated rings. The Morgan fingerprint density at radius 3 is 2.31 bits per heavy atom. The summed E-state index contributed by atoms with van der Waals surface area (Å²) in [4.78, 5) is 24.3. The van der Waals surface area contributed by atoms with Crippen LogP contribution in [0.2, 0.25) is 0 Å². The fourth-order valence-electron chi connectivity index (χ4n) is 2.79. The molecule has 158 valence electrons. The third-order valence-corrected chi connectivity index (χ3v) is 4.73. The molecule has 1 heterocycles. The van der Waals surface area contributed by atoms with E-state index in [2.05, 4.69) is 31.2 Å². The molecule has 7 nitrogen and oxygen atoms in total. The second-order valence-corrected chi connectivity index (χ2v) is 8.16. The summed E-state index contributed by atoms with van der Waals surface area (Å²) in [5.41, 5.74) is 3.47. The number of esters is 1. The van der Waals surface area contributed by atoms with Gasteiger partial charge in [0.15, 0.2) is 6.10 Å². The van der Waals surface area contributed by atoms with Crippen molar-refractivity contribution < 1.29 is 19.1 Å². The van der Waals surface area contributed by atoms with Crippen molar-refractivity contribution in [3.63, 3.8) is 0 Å². The summed E-state index contributed by atoms with van der Waals surface area (Å²) < 4.78 is 12.5. The zero-order valence-electron chi connectivity index (χ0n) is 18.3. The zero-order chi connectivity index (χ0) is 21.8. The summed E-state index contributed by atoms with van der Waals surface area (Å²) in [5, 5.41) is 7.02. The van der Waals surface area contributed by atoms with Crippen molar-refractivity contribution >= 4 is 17.6 Å². The number of amides is 1. The summed E-state index contributed by atoms with van der Waals surface area (Å²) in [5.74, 6) is -0.186. The van der Waals surface area contributed by atoms with Crippen molar-refractivity contribution in [2.24, 2.45) is 7.05 Å². The van der Waals surface area contributed by atoms with Gasteiger partial charge in [-0.05, 0) is 43.9 Å². The fourth-order valence-corrected chi connectivity index (χ4v) is 2.79. The molecule has 2 rings (SSSR count). The van der Waals surface area contributed by atoms with Gasteiger partial charge in [0.1, 0.15) is 5.75 Å². The first-order valence-electron chi connectivity index (χ1n) is 9.73. The van der Waals surface area contributed by atoms with Crippen molar-refractivity contribution in [3.05, 3.63) is 41.2 Å². The summed E-state index contributed by atoms with van der Waals surface area (Å²) in [6, 6.07) is 7.81. The van der Waals surface area contributed by atoms with Gasteiger partial charge in [0.25, 0.3) is 5.91 Å². The first kappa shape index (κ1) is 22.5. The Morgan fingerprint density at radius 2 is 1.79 bits per heavy atom. The van der Waals surface area contributed by atoms with Crippen molar-refractivity contribution in [2.75, 3.05) is 11.9 Å². The van der Waals surface area contributed by atoms with Gasteiger partial charge >= 0.3 is 5.97 Å². The highest BCUT2D eigenvalue weighted by Gasteiger charge is 2.21. The van der Waals surface area contributed by atoms with Gasteiger partial charge in [-0.15, -0.1) is 0 Å². The number of hydrogen-bond donors (Lipinski definition) is 1. The summed E-state index contributed by atoms with van der Waals surface area (Å²) in [6.45, 7) is 11.8. The minimum atomic E-state index is -0.910. The largest absolute Gasteiger partial charge is 0.493 e. The van der Waals surface area contributed by atoms with Crippen LogP contribution < -0.4 is 10.1 Å². The number of carbonyl (C=O) groups excluding carboxylic acids is 2. The van der Waals surface area contributed by atoms with Crippen molar-refractivity contribution in [3.8, 4) is 5.75 Å². The molecular weight excluding hydrogens is 370 g/mol. The normalized spacial score (nSPS) is 12.4. The van der Waals surface area contributed by atoms with Crippen LogP contribution in [0.3, 0.4) is 0 Å². The number of rotatable bonds is 7. The van der Waals surface area contributed by atoms with E-state index >= 15 is 0 Å². The minimum Gasteiger partial charge on any atom is -0.493 e. The van der Waals surface area contributed by atoms with Gasteiger partial charge in [-0.2, -0.15) is 5.10 Å². The van der Waals surface area contributed by atoms with Crippen LogP contribution in [0.4, 0.5) is 5.69 Å². The van der Waals surface area contributed by atoms with Crippen LogP contribution >= 0.6 is 0 Å². The highest BCUT2D eigenvalue weighted by molar-refractivity contribution is 5.96. The van der Waals surface area contributed by atoms with E-state index in [0.29, 0.717) is 17.1 Å². The first-order valence-corrected chi connectivity index (χ1v) is 9.73. The Bertz CT molecular complexity index is 863. The molecule has 0 radical (unpaired) electrons. The van der Waals surface area contributed by atoms with Gasteiger partial charge in [0, 0.05) is 7.05 Å². The lowest BCUT2D eigenvalue weighted by atomic mass is 9.87. The van der Waals surface area contributed by atoms with E-state index in [1.165, 1.54) is 5.56 Å². The Kier molecular flexibility index (Phi) is 7.06. The average molecular weight is 402 g/mol. The van der Waals surface area contributed by atoms with Gasteiger partial charge in [0.2, 0.25) is 0 Å². The molecule has 1 aromatic carbocycles. The maximum Gasteiger partial charge on any atom is 0.310 e. The zero-order valence-corrected chi connectivity index (χ0v) is 18.3. The predicted molar refractivity (Wildman–Crippen MR) is 112 cm³/mol. The monoisotopic (exact) mass is 401 g/mol. The second-order valence-electron chi connectivity index (χ2n) is 8.16. The van der Waals surface area contributed by atoms with E-state index < -0.39 is 18.0 Å². The number of benzene rings is 1. The van der Waals surface area contributed by atoms with Crippen LogP contribution in [0.25, 0.3) is 0 Å². The summed E-state index contributed by atoms with van der Waals surface area (Å²) in [6.07, 6.45) is -0.851. The maximum absolute atomic E-state index is 12.3. The van der Waals surface area contributed by atoms with Crippen LogP contribution in [0, 0.1) is 13.8 Å². The van der Waals surface area contributed by atoms with Crippen LogP contribution in [0.15, 0.2) is 24.3 Å². The summed E-state index contributed by atoms with van der Waals surface area (Å²) in [7, 11) is 1.80. The molecular formula is C22H31N3O4. The molecule has 2 aromatic rings. The molecule has 1 N–H and O–H groups in total. The molecule has 0 unspecified atom stereocenters. The standard InChI is InChI=1S/C22H31N3O4/c1-14-20(15(2)25(7)24-14)23-21(27)16(3)29-19(26)12-13-28-18-10-8-17(9-11-18)22(4,5)6/h8-11,16H,12-13H2,1-7H3,(H,23,27)/t16-/m1/s1. The number of aryl methyl sites for hydroxylation is 2.